The van der Waals surface area contributed by atoms with Gasteiger partial charge in [0.15, 0.2) is 11.5 Å². The molecule has 0 aliphatic rings. The molecule has 0 amide bonds. The van der Waals surface area contributed by atoms with E-state index in [0.717, 1.165) is 12.3 Å². The first-order valence-corrected chi connectivity index (χ1v) is 6.91. The van der Waals surface area contributed by atoms with Crippen LogP contribution in [0.1, 0.15) is 18.2 Å². The Bertz CT molecular complexity index is 827. The molecule has 3 rings (SSSR count). The molecule has 0 aliphatic carbocycles. The minimum Gasteiger partial charge on any atom is -0.364 e. The van der Waals surface area contributed by atoms with E-state index in [0.29, 0.717) is 29.1 Å². The molecule has 120 valence electrons. The third kappa shape index (κ3) is 3.08. The van der Waals surface area contributed by atoms with Gasteiger partial charge in [-0.25, -0.2) is 15.0 Å². The maximum absolute atomic E-state index is 12.7. The van der Waals surface area contributed by atoms with Gasteiger partial charge in [0.2, 0.25) is 0 Å². The zero-order valence-electron chi connectivity index (χ0n) is 12.2. The fourth-order valence-corrected chi connectivity index (χ4v) is 2.17. The third-order valence-electron chi connectivity index (χ3n) is 3.32. The van der Waals surface area contributed by atoms with Crippen molar-refractivity contribution in [2.45, 2.75) is 26.2 Å². The van der Waals surface area contributed by atoms with Crippen molar-refractivity contribution in [1.82, 2.24) is 24.5 Å². The molecule has 23 heavy (non-hydrogen) atoms. The third-order valence-corrected chi connectivity index (χ3v) is 3.32. The number of nitrogens with one attached hydrogen (secondary N) is 1. The predicted molar refractivity (Wildman–Crippen MR) is 77.6 cm³/mol. The van der Waals surface area contributed by atoms with Crippen molar-refractivity contribution in [3.05, 3.63) is 42.2 Å². The number of rotatable bonds is 4. The average molecular weight is 322 g/mol. The van der Waals surface area contributed by atoms with E-state index in [1.165, 1.54) is 12.4 Å². The molecule has 0 saturated heterocycles. The number of hydrogen-bond acceptors (Lipinski definition) is 5. The number of halogens is 3. The SMILES string of the molecule is CCn1cnc2c(NCc3ccnc(C(F)(F)F)c3)ncnc21. The van der Waals surface area contributed by atoms with Crippen molar-refractivity contribution in [3.8, 4) is 0 Å². The van der Waals surface area contributed by atoms with Gasteiger partial charge in [-0.2, -0.15) is 13.2 Å². The molecule has 9 heteroatoms. The van der Waals surface area contributed by atoms with Crippen LogP contribution >= 0.6 is 0 Å². The molecule has 1 N–H and O–H groups in total. The van der Waals surface area contributed by atoms with Crippen LogP contribution in [0.2, 0.25) is 0 Å². The summed E-state index contributed by atoms with van der Waals surface area (Å²) >= 11 is 0. The Balaban J connectivity index is 1.83. The summed E-state index contributed by atoms with van der Waals surface area (Å²) in [6, 6.07) is 2.53. The number of aromatic nitrogens is 5. The molecule has 0 atom stereocenters. The second-order valence-corrected chi connectivity index (χ2v) is 4.83. The highest BCUT2D eigenvalue weighted by atomic mass is 19.4. The molecule has 3 heterocycles. The molecule has 0 aromatic carbocycles. The number of fused-ring (bicyclic) bond motifs is 1. The summed E-state index contributed by atoms with van der Waals surface area (Å²) in [5, 5.41) is 3.00. The molecule has 3 aromatic rings. The molecule has 0 aliphatic heterocycles. The van der Waals surface area contributed by atoms with Crippen LogP contribution < -0.4 is 5.32 Å². The number of aryl methyl sites for hydroxylation is 1. The van der Waals surface area contributed by atoms with E-state index < -0.39 is 11.9 Å². The quantitative estimate of drug-likeness (QED) is 0.800. The number of alkyl halides is 3. The van der Waals surface area contributed by atoms with Gasteiger partial charge in [0, 0.05) is 19.3 Å². The standard InChI is InChI=1S/C14H13F3N6/c1-2-23-8-22-11-12(20-7-21-13(11)23)19-6-9-3-4-18-10(5-9)14(15,16)17/h3-5,7-8H,2,6H2,1H3,(H,19,20,21). The first-order chi connectivity index (χ1) is 11.0. The van der Waals surface area contributed by atoms with Crippen molar-refractivity contribution in [2.75, 3.05) is 5.32 Å². The van der Waals surface area contributed by atoms with Gasteiger partial charge in [-0.15, -0.1) is 0 Å². The second kappa shape index (κ2) is 5.82. The fraction of sp³-hybridized carbons (Fsp3) is 0.286. The van der Waals surface area contributed by atoms with E-state index in [1.807, 2.05) is 11.5 Å². The van der Waals surface area contributed by atoms with Gasteiger partial charge in [0.05, 0.1) is 6.33 Å². The Morgan fingerprint density at radius 1 is 1.17 bits per heavy atom. The van der Waals surface area contributed by atoms with E-state index in [-0.39, 0.29) is 6.54 Å². The van der Waals surface area contributed by atoms with Gasteiger partial charge in [0.1, 0.15) is 17.5 Å². The average Bonchev–Trinajstić information content (AvgIpc) is 2.96. The van der Waals surface area contributed by atoms with Gasteiger partial charge in [0.25, 0.3) is 0 Å². The summed E-state index contributed by atoms with van der Waals surface area (Å²) in [4.78, 5) is 15.8. The second-order valence-electron chi connectivity index (χ2n) is 4.83. The van der Waals surface area contributed by atoms with Crippen LogP contribution in [0.4, 0.5) is 19.0 Å². The van der Waals surface area contributed by atoms with E-state index in [1.54, 1.807) is 6.33 Å². The zero-order valence-corrected chi connectivity index (χ0v) is 12.2. The Labute approximate surface area is 129 Å². The molecule has 0 radical (unpaired) electrons. The van der Waals surface area contributed by atoms with Gasteiger partial charge in [-0.05, 0) is 24.6 Å². The molecule has 0 unspecified atom stereocenters. The summed E-state index contributed by atoms with van der Waals surface area (Å²) in [5.74, 6) is 0.479. The topological polar surface area (TPSA) is 68.5 Å². The van der Waals surface area contributed by atoms with Crippen LogP contribution in [-0.2, 0) is 19.3 Å². The molecule has 0 spiro atoms. The molecule has 0 bridgehead atoms. The van der Waals surface area contributed by atoms with Crippen LogP contribution in [0.15, 0.2) is 31.0 Å². The molecular formula is C14H13F3N6. The van der Waals surface area contributed by atoms with Gasteiger partial charge < -0.3 is 9.88 Å². The smallest absolute Gasteiger partial charge is 0.364 e. The fourth-order valence-electron chi connectivity index (χ4n) is 2.17. The zero-order chi connectivity index (χ0) is 16.4. The number of pyridine rings is 1. The Morgan fingerprint density at radius 3 is 2.74 bits per heavy atom. The largest absolute Gasteiger partial charge is 0.433 e. The number of imidazole rings is 1. The van der Waals surface area contributed by atoms with Crippen molar-refractivity contribution >= 4 is 17.0 Å². The van der Waals surface area contributed by atoms with Crippen LogP contribution in [-0.4, -0.2) is 24.5 Å². The molecule has 6 nitrogen and oxygen atoms in total. The van der Waals surface area contributed by atoms with Gasteiger partial charge >= 0.3 is 6.18 Å². The van der Waals surface area contributed by atoms with Gasteiger partial charge in [-0.1, -0.05) is 0 Å². The highest BCUT2D eigenvalue weighted by molar-refractivity contribution is 5.82. The lowest BCUT2D eigenvalue weighted by atomic mass is 10.2. The highest BCUT2D eigenvalue weighted by Crippen LogP contribution is 2.28. The Morgan fingerprint density at radius 2 is 2.00 bits per heavy atom. The van der Waals surface area contributed by atoms with Crippen molar-refractivity contribution in [3.63, 3.8) is 0 Å². The molecule has 0 saturated carbocycles. The van der Waals surface area contributed by atoms with Crippen molar-refractivity contribution in [1.29, 1.82) is 0 Å². The minimum atomic E-state index is -4.46. The lowest BCUT2D eigenvalue weighted by molar-refractivity contribution is -0.141. The summed E-state index contributed by atoms with van der Waals surface area (Å²) in [6.07, 6.45) is -0.274. The number of anilines is 1. The van der Waals surface area contributed by atoms with Crippen LogP contribution in [0, 0.1) is 0 Å². The summed E-state index contributed by atoms with van der Waals surface area (Å²) in [6.45, 7) is 2.86. The molecular weight excluding hydrogens is 309 g/mol. The number of hydrogen-bond donors (Lipinski definition) is 1. The highest BCUT2D eigenvalue weighted by Gasteiger charge is 2.32. The maximum atomic E-state index is 12.7. The van der Waals surface area contributed by atoms with Crippen molar-refractivity contribution < 1.29 is 13.2 Å². The van der Waals surface area contributed by atoms with Crippen LogP contribution in [0.5, 0.6) is 0 Å². The summed E-state index contributed by atoms with van der Waals surface area (Å²) in [5.41, 5.74) is 0.795. The Kier molecular flexibility index (Phi) is 3.85. The predicted octanol–water partition coefficient (Wildman–Crippen LogP) is 2.87. The number of nitrogens with zero attached hydrogens (tertiary/aromatic N) is 5. The van der Waals surface area contributed by atoms with Gasteiger partial charge in [-0.3, -0.25) is 4.98 Å². The summed E-state index contributed by atoms with van der Waals surface area (Å²) in [7, 11) is 0. The van der Waals surface area contributed by atoms with Crippen molar-refractivity contribution in [2.24, 2.45) is 0 Å². The summed E-state index contributed by atoms with van der Waals surface area (Å²) < 4.78 is 39.9. The Hall–Kier alpha value is -2.71. The minimum absolute atomic E-state index is 0.177. The maximum Gasteiger partial charge on any atom is 0.433 e. The van der Waals surface area contributed by atoms with E-state index >= 15 is 0 Å². The lowest BCUT2D eigenvalue weighted by Crippen LogP contribution is -2.10. The molecule has 3 aromatic heterocycles. The molecule has 0 fully saturated rings. The first-order valence-electron chi connectivity index (χ1n) is 6.91. The normalized spacial score (nSPS) is 11.8. The van der Waals surface area contributed by atoms with E-state index in [9.17, 15) is 13.2 Å². The van der Waals surface area contributed by atoms with Crippen LogP contribution in [0.3, 0.4) is 0 Å². The first kappa shape index (κ1) is 15.2. The lowest BCUT2D eigenvalue weighted by Gasteiger charge is -2.09. The van der Waals surface area contributed by atoms with Crippen LogP contribution in [0.25, 0.3) is 11.2 Å². The monoisotopic (exact) mass is 322 g/mol. The van der Waals surface area contributed by atoms with E-state index in [2.05, 4.69) is 25.3 Å². The van der Waals surface area contributed by atoms with E-state index in [4.69, 9.17) is 0 Å².